The summed E-state index contributed by atoms with van der Waals surface area (Å²) in [5.74, 6) is 0.0675. The highest BCUT2D eigenvalue weighted by Crippen LogP contribution is 2.53. The Labute approximate surface area is 99.8 Å². The van der Waals surface area contributed by atoms with E-state index in [1.807, 2.05) is 12.2 Å². The molecule has 3 rings (SSSR count). The van der Waals surface area contributed by atoms with Crippen molar-refractivity contribution < 1.29 is 14.6 Å². The standard InChI is InChI=1S/C14H14O3/c15-13(16)14(6-7-14)11-4-1-5-12-10(9-11)3-2-8-17-12/h1,4,9H,2-3,6-8H2,(H,15,16). The molecule has 0 aromatic rings. The zero-order valence-electron chi connectivity index (χ0n) is 9.53. The number of rotatable bonds is 2. The summed E-state index contributed by atoms with van der Waals surface area (Å²) in [6.45, 7) is 0.729. The molecule has 1 aliphatic heterocycles. The SMILES string of the molecule is O=C(O)C1(C2=CC=C=C3OCCCC3=C2)CC1. The first-order valence-corrected chi connectivity index (χ1v) is 5.97. The van der Waals surface area contributed by atoms with E-state index in [0.29, 0.717) is 0 Å². The van der Waals surface area contributed by atoms with Gasteiger partial charge in [-0.15, -0.1) is 0 Å². The second-order valence-electron chi connectivity index (χ2n) is 4.77. The molecule has 3 heteroatoms. The molecule has 0 amide bonds. The van der Waals surface area contributed by atoms with Crippen LogP contribution in [0.15, 0.2) is 40.9 Å². The highest BCUT2D eigenvalue weighted by atomic mass is 16.5. The van der Waals surface area contributed by atoms with Gasteiger partial charge in [0.1, 0.15) is 0 Å². The van der Waals surface area contributed by atoms with Crippen LogP contribution in [0.25, 0.3) is 0 Å². The Morgan fingerprint density at radius 1 is 1.47 bits per heavy atom. The summed E-state index contributed by atoms with van der Waals surface area (Å²) in [6.07, 6.45) is 9.05. The van der Waals surface area contributed by atoms with Crippen LogP contribution in [0.1, 0.15) is 25.7 Å². The molecule has 3 aliphatic rings. The number of fused-ring (bicyclic) bond motifs is 1. The Morgan fingerprint density at radius 2 is 2.29 bits per heavy atom. The van der Waals surface area contributed by atoms with Crippen LogP contribution in [-0.4, -0.2) is 17.7 Å². The first-order valence-electron chi connectivity index (χ1n) is 5.97. The Bertz CT molecular complexity index is 498. The van der Waals surface area contributed by atoms with Gasteiger partial charge in [0.05, 0.1) is 12.0 Å². The second kappa shape index (κ2) is 3.64. The van der Waals surface area contributed by atoms with Crippen molar-refractivity contribution in [2.75, 3.05) is 6.61 Å². The van der Waals surface area contributed by atoms with Crippen LogP contribution in [0.3, 0.4) is 0 Å². The molecule has 0 bridgehead atoms. The summed E-state index contributed by atoms with van der Waals surface area (Å²) < 4.78 is 5.53. The van der Waals surface area contributed by atoms with E-state index < -0.39 is 11.4 Å². The molecule has 88 valence electrons. The van der Waals surface area contributed by atoms with Gasteiger partial charge in [0.25, 0.3) is 0 Å². The molecular formula is C14H14O3. The maximum absolute atomic E-state index is 11.3. The van der Waals surface area contributed by atoms with Crippen LogP contribution < -0.4 is 0 Å². The molecular weight excluding hydrogens is 216 g/mol. The average Bonchev–Trinajstić information content (AvgIpc) is 3.13. The zero-order valence-corrected chi connectivity index (χ0v) is 9.53. The molecule has 2 fully saturated rings. The first-order chi connectivity index (χ1) is 8.22. The van der Waals surface area contributed by atoms with Crippen LogP contribution in [0.5, 0.6) is 0 Å². The topological polar surface area (TPSA) is 46.5 Å². The van der Waals surface area contributed by atoms with Crippen molar-refractivity contribution in [2.24, 2.45) is 5.41 Å². The summed E-state index contributed by atoms with van der Waals surface area (Å²) in [7, 11) is 0. The van der Waals surface area contributed by atoms with Crippen LogP contribution in [0.2, 0.25) is 0 Å². The second-order valence-corrected chi connectivity index (χ2v) is 4.77. The lowest BCUT2D eigenvalue weighted by molar-refractivity contribution is -0.141. The molecule has 0 radical (unpaired) electrons. The highest BCUT2D eigenvalue weighted by Gasteiger charge is 2.52. The van der Waals surface area contributed by atoms with E-state index in [-0.39, 0.29) is 0 Å². The summed E-state index contributed by atoms with van der Waals surface area (Å²) in [6, 6.07) is 0. The Kier molecular flexibility index (Phi) is 2.23. The third-order valence-electron chi connectivity index (χ3n) is 3.65. The third kappa shape index (κ3) is 1.63. The molecule has 0 unspecified atom stereocenters. The molecule has 2 aliphatic carbocycles. The van der Waals surface area contributed by atoms with Crippen molar-refractivity contribution in [3.05, 3.63) is 40.9 Å². The minimum absolute atomic E-state index is 0.641. The zero-order chi connectivity index (χ0) is 11.9. The van der Waals surface area contributed by atoms with E-state index in [1.54, 1.807) is 6.08 Å². The molecule has 0 aromatic carbocycles. The molecule has 0 atom stereocenters. The number of carboxylic acid groups (broad SMARTS) is 1. The fourth-order valence-electron chi connectivity index (χ4n) is 2.41. The number of ether oxygens (including phenoxy) is 1. The van der Waals surface area contributed by atoms with Gasteiger partial charge in [0.15, 0.2) is 5.76 Å². The van der Waals surface area contributed by atoms with Crippen molar-refractivity contribution in [1.29, 1.82) is 0 Å². The van der Waals surface area contributed by atoms with E-state index in [2.05, 4.69) is 5.73 Å². The minimum Gasteiger partial charge on any atom is -0.486 e. The van der Waals surface area contributed by atoms with Crippen LogP contribution in [0, 0.1) is 5.41 Å². The molecule has 0 spiro atoms. The molecule has 1 saturated heterocycles. The number of hydrogen-bond donors (Lipinski definition) is 1. The number of hydrogen-bond acceptors (Lipinski definition) is 2. The average molecular weight is 230 g/mol. The maximum atomic E-state index is 11.3. The van der Waals surface area contributed by atoms with E-state index in [1.165, 1.54) is 0 Å². The Morgan fingerprint density at radius 3 is 3.00 bits per heavy atom. The highest BCUT2D eigenvalue weighted by molar-refractivity contribution is 5.83. The number of carbonyl (C=O) groups is 1. The quantitative estimate of drug-likeness (QED) is 0.741. The van der Waals surface area contributed by atoms with Crippen molar-refractivity contribution in [3.8, 4) is 0 Å². The Balaban J connectivity index is 1.98. The van der Waals surface area contributed by atoms with E-state index in [9.17, 15) is 9.90 Å². The van der Waals surface area contributed by atoms with Gasteiger partial charge in [0, 0.05) is 5.57 Å². The van der Waals surface area contributed by atoms with Crippen molar-refractivity contribution in [1.82, 2.24) is 0 Å². The fraction of sp³-hybridized carbons (Fsp3) is 0.429. The van der Waals surface area contributed by atoms with Gasteiger partial charge in [-0.25, -0.2) is 0 Å². The fourth-order valence-corrected chi connectivity index (χ4v) is 2.41. The van der Waals surface area contributed by atoms with Gasteiger partial charge in [-0.3, -0.25) is 4.79 Å². The molecule has 3 nitrogen and oxygen atoms in total. The van der Waals surface area contributed by atoms with E-state index >= 15 is 0 Å². The van der Waals surface area contributed by atoms with Gasteiger partial charge < -0.3 is 9.84 Å². The lowest BCUT2D eigenvalue weighted by atomic mass is 9.92. The van der Waals surface area contributed by atoms with E-state index in [0.717, 1.165) is 49.2 Å². The van der Waals surface area contributed by atoms with Gasteiger partial charge in [0.2, 0.25) is 0 Å². The maximum Gasteiger partial charge on any atom is 0.314 e. The van der Waals surface area contributed by atoms with E-state index in [4.69, 9.17) is 4.74 Å². The molecule has 1 N–H and O–H groups in total. The normalized spacial score (nSPS) is 24.6. The minimum atomic E-state index is -0.714. The molecule has 17 heavy (non-hydrogen) atoms. The van der Waals surface area contributed by atoms with Crippen LogP contribution in [-0.2, 0) is 9.53 Å². The third-order valence-corrected chi connectivity index (χ3v) is 3.65. The van der Waals surface area contributed by atoms with Crippen LogP contribution in [0.4, 0.5) is 0 Å². The molecule has 1 heterocycles. The van der Waals surface area contributed by atoms with Crippen molar-refractivity contribution in [2.45, 2.75) is 25.7 Å². The lowest BCUT2D eigenvalue weighted by Gasteiger charge is -2.18. The van der Waals surface area contributed by atoms with Gasteiger partial charge in [-0.05, 0) is 43.4 Å². The largest absolute Gasteiger partial charge is 0.486 e. The van der Waals surface area contributed by atoms with Gasteiger partial charge >= 0.3 is 5.97 Å². The molecule has 1 saturated carbocycles. The summed E-state index contributed by atoms with van der Waals surface area (Å²) in [5.41, 5.74) is 4.43. The predicted molar refractivity (Wildman–Crippen MR) is 62.3 cm³/mol. The monoisotopic (exact) mass is 230 g/mol. The smallest absolute Gasteiger partial charge is 0.314 e. The number of allylic oxidation sites excluding steroid dienone is 3. The number of aliphatic carboxylic acids is 1. The van der Waals surface area contributed by atoms with Crippen LogP contribution >= 0.6 is 0 Å². The summed E-state index contributed by atoms with van der Waals surface area (Å²) in [4.78, 5) is 11.3. The van der Waals surface area contributed by atoms with Crippen molar-refractivity contribution >= 4 is 5.97 Å². The number of carboxylic acids is 1. The molecule has 0 aromatic heterocycles. The van der Waals surface area contributed by atoms with Gasteiger partial charge in [-0.1, -0.05) is 11.8 Å². The first kappa shape index (κ1) is 10.4. The Hall–Kier alpha value is -1.73. The predicted octanol–water partition coefficient (Wildman–Crippen LogP) is 2.57. The summed E-state index contributed by atoms with van der Waals surface area (Å²) >= 11 is 0. The van der Waals surface area contributed by atoms with Crippen molar-refractivity contribution in [3.63, 3.8) is 0 Å². The van der Waals surface area contributed by atoms with Gasteiger partial charge in [-0.2, -0.15) is 0 Å². The lowest BCUT2D eigenvalue weighted by Crippen LogP contribution is -2.17. The summed E-state index contributed by atoms with van der Waals surface area (Å²) in [5, 5.41) is 9.30.